The van der Waals surface area contributed by atoms with E-state index in [-0.39, 0.29) is 0 Å². The molecule has 0 aliphatic heterocycles. The average Bonchev–Trinajstić information content (AvgIpc) is 2.25. The lowest BCUT2D eigenvalue weighted by Crippen LogP contribution is -2.01. The molecule has 0 N–H and O–H groups in total. The van der Waals surface area contributed by atoms with Gasteiger partial charge in [0, 0.05) is 6.61 Å². The van der Waals surface area contributed by atoms with Gasteiger partial charge in [-0.3, -0.25) is 0 Å². The maximum Gasteiger partial charge on any atom is 0.0716 e. The average molecular weight is 191 g/mol. The molecule has 0 aromatic heterocycles. The number of hydrogen-bond acceptors (Lipinski definition) is 1. The summed E-state index contributed by atoms with van der Waals surface area (Å²) < 4.78 is 5.56. The number of rotatable bonds is 6. The molecule has 1 atom stereocenters. The molecular formula is C13H19O. The predicted molar refractivity (Wildman–Crippen MR) is 59.9 cm³/mol. The van der Waals surface area contributed by atoms with E-state index in [1.54, 1.807) is 0 Å². The van der Waals surface area contributed by atoms with E-state index in [0.717, 1.165) is 26.1 Å². The van der Waals surface area contributed by atoms with Crippen LogP contribution in [0.1, 0.15) is 25.3 Å². The Balaban J connectivity index is 2.10. The Morgan fingerprint density at radius 3 is 2.64 bits per heavy atom. The standard InChI is InChI=1S/C13H19O/c1-3-12(2)9-10-14-11-13-7-5-4-6-8-13/h4-8,12H,1,3,9-11H2,2H3. The lowest BCUT2D eigenvalue weighted by molar-refractivity contribution is 0.109. The zero-order valence-electron chi connectivity index (χ0n) is 8.91. The van der Waals surface area contributed by atoms with Gasteiger partial charge in [0.1, 0.15) is 0 Å². The van der Waals surface area contributed by atoms with Crippen molar-refractivity contribution in [3.63, 3.8) is 0 Å². The summed E-state index contributed by atoms with van der Waals surface area (Å²) in [5, 5.41) is 0. The highest BCUT2D eigenvalue weighted by atomic mass is 16.5. The summed E-state index contributed by atoms with van der Waals surface area (Å²) in [6.45, 7) is 7.64. The van der Waals surface area contributed by atoms with Gasteiger partial charge < -0.3 is 4.74 Å². The third-order valence-corrected chi connectivity index (χ3v) is 2.36. The first-order chi connectivity index (χ1) is 6.83. The van der Waals surface area contributed by atoms with Crippen LogP contribution in [0, 0.1) is 12.8 Å². The number of hydrogen-bond donors (Lipinski definition) is 0. The summed E-state index contributed by atoms with van der Waals surface area (Å²) in [5.74, 6) is 0.672. The van der Waals surface area contributed by atoms with E-state index in [0.29, 0.717) is 5.92 Å². The van der Waals surface area contributed by atoms with Crippen LogP contribution in [0.5, 0.6) is 0 Å². The first-order valence-electron chi connectivity index (χ1n) is 5.24. The minimum atomic E-state index is 0.672. The Morgan fingerprint density at radius 2 is 2.00 bits per heavy atom. The maximum absolute atomic E-state index is 5.56. The van der Waals surface area contributed by atoms with Gasteiger partial charge in [-0.05, 0) is 17.9 Å². The van der Waals surface area contributed by atoms with Gasteiger partial charge in [-0.1, -0.05) is 50.6 Å². The summed E-state index contributed by atoms with van der Waals surface area (Å²) in [7, 11) is 0. The molecule has 1 nitrogen and oxygen atoms in total. The second-order valence-corrected chi connectivity index (χ2v) is 3.72. The van der Waals surface area contributed by atoms with Gasteiger partial charge in [-0.2, -0.15) is 0 Å². The van der Waals surface area contributed by atoms with Crippen LogP contribution in [-0.4, -0.2) is 6.61 Å². The van der Waals surface area contributed by atoms with Crippen molar-refractivity contribution in [3.05, 3.63) is 42.8 Å². The monoisotopic (exact) mass is 191 g/mol. The van der Waals surface area contributed by atoms with E-state index in [1.165, 1.54) is 5.56 Å². The number of benzene rings is 1. The van der Waals surface area contributed by atoms with Gasteiger partial charge in [0.2, 0.25) is 0 Å². The second kappa shape index (κ2) is 6.61. The molecule has 1 aromatic carbocycles. The summed E-state index contributed by atoms with van der Waals surface area (Å²) >= 11 is 0. The van der Waals surface area contributed by atoms with Crippen LogP contribution in [-0.2, 0) is 11.3 Å². The molecule has 14 heavy (non-hydrogen) atoms. The van der Waals surface area contributed by atoms with Crippen molar-refractivity contribution >= 4 is 0 Å². The molecule has 0 aliphatic carbocycles. The molecule has 0 saturated carbocycles. The molecule has 1 heteroatoms. The van der Waals surface area contributed by atoms with Gasteiger partial charge in [-0.15, -0.1) is 0 Å². The third-order valence-electron chi connectivity index (χ3n) is 2.36. The minimum absolute atomic E-state index is 0.672. The Morgan fingerprint density at radius 1 is 1.29 bits per heavy atom. The Labute approximate surface area is 87.1 Å². The first-order valence-corrected chi connectivity index (χ1v) is 5.24. The van der Waals surface area contributed by atoms with Gasteiger partial charge in [0.15, 0.2) is 0 Å². The molecule has 0 saturated heterocycles. The fraction of sp³-hybridized carbons (Fsp3) is 0.462. The van der Waals surface area contributed by atoms with E-state index >= 15 is 0 Å². The van der Waals surface area contributed by atoms with E-state index in [2.05, 4.69) is 26.0 Å². The van der Waals surface area contributed by atoms with Crippen molar-refractivity contribution in [3.8, 4) is 0 Å². The molecule has 0 aliphatic rings. The fourth-order valence-electron chi connectivity index (χ4n) is 1.19. The maximum atomic E-state index is 5.56. The van der Waals surface area contributed by atoms with Crippen molar-refractivity contribution in [2.24, 2.45) is 5.92 Å². The van der Waals surface area contributed by atoms with Crippen LogP contribution < -0.4 is 0 Å². The van der Waals surface area contributed by atoms with Crippen LogP contribution >= 0.6 is 0 Å². The van der Waals surface area contributed by atoms with Crippen molar-refractivity contribution < 1.29 is 4.74 Å². The normalized spacial score (nSPS) is 12.7. The zero-order valence-corrected chi connectivity index (χ0v) is 8.91. The molecule has 0 bridgehead atoms. The zero-order chi connectivity index (χ0) is 10.2. The van der Waals surface area contributed by atoms with Gasteiger partial charge in [0.05, 0.1) is 6.61 Å². The van der Waals surface area contributed by atoms with E-state index < -0.39 is 0 Å². The molecule has 1 unspecified atom stereocenters. The smallest absolute Gasteiger partial charge is 0.0716 e. The molecule has 0 amide bonds. The Bertz CT molecular complexity index is 230. The van der Waals surface area contributed by atoms with E-state index in [1.807, 2.05) is 18.2 Å². The molecule has 0 heterocycles. The fourth-order valence-corrected chi connectivity index (χ4v) is 1.19. The topological polar surface area (TPSA) is 9.23 Å². The van der Waals surface area contributed by atoms with Crippen molar-refractivity contribution in [2.45, 2.75) is 26.4 Å². The minimum Gasteiger partial charge on any atom is -0.377 e. The van der Waals surface area contributed by atoms with E-state index in [9.17, 15) is 0 Å². The van der Waals surface area contributed by atoms with Crippen LogP contribution in [0.2, 0.25) is 0 Å². The molecule has 0 spiro atoms. The Kier molecular flexibility index (Phi) is 5.31. The SMILES string of the molecule is [CH2]CC(C)CCOCc1ccccc1. The first kappa shape index (κ1) is 11.3. The van der Waals surface area contributed by atoms with Gasteiger partial charge in [0.25, 0.3) is 0 Å². The Hall–Kier alpha value is -0.820. The van der Waals surface area contributed by atoms with Crippen molar-refractivity contribution in [2.75, 3.05) is 6.61 Å². The quantitative estimate of drug-likeness (QED) is 0.626. The summed E-state index contributed by atoms with van der Waals surface area (Å²) in [5.41, 5.74) is 1.25. The lowest BCUT2D eigenvalue weighted by atomic mass is 10.1. The van der Waals surface area contributed by atoms with Crippen molar-refractivity contribution in [1.29, 1.82) is 0 Å². The highest BCUT2D eigenvalue weighted by molar-refractivity contribution is 5.13. The molecule has 1 rings (SSSR count). The summed E-state index contributed by atoms with van der Waals surface area (Å²) in [6.07, 6.45) is 2.10. The largest absolute Gasteiger partial charge is 0.377 e. The molecule has 77 valence electrons. The predicted octanol–water partition coefficient (Wildman–Crippen LogP) is 3.45. The number of ether oxygens (including phenoxy) is 1. The molecule has 0 fully saturated rings. The van der Waals surface area contributed by atoms with Crippen LogP contribution in [0.3, 0.4) is 0 Å². The van der Waals surface area contributed by atoms with Crippen molar-refractivity contribution in [1.82, 2.24) is 0 Å². The van der Waals surface area contributed by atoms with Gasteiger partial charge >= 0.3 is 0 Å². The highest BCUT2D eigenvalue weighted by Gasteiger charge is 1.98. The highest BCUT2D eigenvalue weighted by Crippen LogP contribution is 2.07. The van der Waals surface area contributed by atoms with Crippen LogP contribution in [0.15, 0.2) is 30.3 Å². The summed E-state index contributed by atoms with van der Waals surface area (Å²) in [4.78, 5) is 0. The third kappa shape index (κ3) is 4.43. The molecule has 1 aromatic rings. The second-order valence-electron chi connectivity index (χ2n) is 3.72. The van der Waals surface area contributed by atoms with Crippen LogP contribution in [0.25, 0.3) is 0 Å². The van der Waals surface area contributed by atoms with E-state index in [4.69, 9.17) is 4.74 Å². The lowest BCUT2D eigenvalue weighted by Gasteiger charge is -2.08. The molecule has 1 radical (unpaired) electrons. The van der Waals surface area contributed by atoms with Gasteiger partial charge in [-0.25, -0.2) is 0 Å². The molecular weight excluding hydrogens is 172 g/mol. The van der Waals surface area contributed by atoms with Crippen LogP contribution in [0.4, 0.5) is 0 Å². The summed E-state index contributed by atoms with van der Waals surface area (Å²) in [6, 6.07) is 10.3.